The van der Waals surface area contributed by atoms with Crippen LogP contribution in [-0.4, -0.2) is 17.7 Å². The molecule has 2 rings (SSSR count). The van der Waals surface area contributed by atoms with Gasteiger partial charge in [0.05, 0.1) is 0 Å². The molecule has 2 aromatic rings. The Labute approximate surface area is 114 Å². The first kappa shape index (κ1) is 13.8. The van der Waals surface area contributed by atoms with E-state index >= 15 is 0 Å². The van der Waals surface area contributed by atoms with Gasteiger partial charge in [0, 0.05) is 18.1 Å². The number of hydrogen-bond acceptors (Lipinski definition) is 2. The number of hydrogen-bond donors (Lipinski definition) is 1. The Kier molecular flexibility index (Phi) is 4.74. The molecule has 3 heteroatoms. The Bertz CT molecular complexity index is 587. The molecule has 1 aromatic heterocycles. The van der Waals surface area contributed by atoms with Gasteiger partial charge in [-0.25, -0.2) is 0 Å². The molecule has 1 N–H and O–H groups in total. The van der Waals surface area contributed by atoms with Crippen LogP contribution in [0.4, 0.5) is 0 Å². The van der Waals surface area contributed by atoms with Gasteiger partial charge < -0.3 is 9.88 Å². The van der Waals surface area contributed by atoms with E-state index in [4.69, 9.17) is 0 Å². The van der Waals surface area contributed by atoms with E-state index < -0.39 is 0 Å². The summed E-state index contributed by atoms with van der Waals surface area (Å²) in [6.45, 7) is 7.15. The summed E-state index contributed by atoms with van der Waals surface area (Å²) in [5.41, 5.74) is 0.113. The van der Waals surface area contributed by atoms with Crippen molar-refractivity contribution >= 4 is 10.8 Å². The maximum atomic E-state index is 12.2. The monoisotopic (exact) mass is 258 g/mol. The van der Waals surface area contributed by atoms with E-state index in [0.29, 0.717) is 5.92 Å². The molecule has 0 aliphatic rings. The number of aromatic nitrogens is 1. The average Bonchev–Trinajstić information content (AvgIpc) is 2.41. The molecule has 1 heterocycles. The first-order valence-corrected chi connectivity index (χ1v) is 6.97. The molecule has 0 fully saturated rings. The minimum atomic E-state index is 0.113. The maximum Gasteiger partial charge on any atom is 0.258 e. The zero-order chi connectivity index (χ0) is 13.7. The maximum absolute atomic E-state index is 12.2. The van der Waals surface area contributed by atoms with Gasteiger partial charge in [0.1, 0.15) is 0 Å². The van der Waals surface area contributed by atoms with Gasteiger partial charge in [-0.05, 0) is 42.9 Å². The highest BCUT2D eigenvalue weighted by atomic mass is 16.1. The van der Waals surface area contributed by atoms with Crippen molar-refractivity contribution in [3.05, 3.63) is 46.9 Å². The molecule has 0 saturated heterocycles. The number of aryl methyl sites for hydroxylation is 1. The Morgan fingerprint density at radius 1 is 1.21 bits per heavy atom. The van der Waals surface area contributed by atoms with Gasteiger partial charge in [-0.15, -0.1) is 0 Å². The van der Waals surface area contributed by atoms with E-state index in [1.54, 1.807) is 4.57 Å². The number of nitrogens with one attached hydrogen (secondary N) is 1. The van der Waals surface area contributed by atoms with Gasteiger partial charge in [-0.1, -0.05) is 32.0 Å². The standard InChI is InChI=1S/C16H22N2O/c1-13(2)12-17-9-5-10-18-11-8-14-6-3-4-7-15(14)16(18)19/h3-4,6-8,11,13,17H,5,9-10,12H2,1-2H3. The van der Waals surface area contributed by atoms with E-state index in [2.05, 4.69) is 19.2 Å². The lowest BCUT2D eigenvalue weighted by Gasteiger charge is -2.09. The summed E-state index contributed by atoms with van der Waals surface area (Å²) in [6, 6.07) is 9.76. The highest BCUT2D eigenvalue weighted by Crippen LogP contribution is 2.08. The third-order valence-electron chi connectivity index (χ3n) is 3.19. The molecule has 0 amide bonds. The van der Waals surface area contributed by atoms with Gasteiger partial charge >= 0.3 is 0 Å². The zero-order valence-corrected chi connectivity index (χ0v) is 11.7. The Morgan fingerprint density at radius 2 is 2.00 bits per heavy atom. The van der Waals surface area contributed by atoms with Crippen molar-refractivity contribution in [2.45, 2.75) is 26.8 Å². The summed E-state index contributed by atoms with van der Waals surface area (Å²) in [6.07, 6.45) is 2.87. The number of nitrogens with zero attached hydrogens (tertiary/aromatic N) is 1. The van der Waals surface area contributed by atoms with Crippen LogP contribution in [0.1, 0.15) is 20.3 Å². The quantitative estimate of drug-likeness (QED) is 0.808. The molecular formula is C16H22N2O. The molecule has 0 radical (unpaired) electrons. The summed E-state index contributed by atoms with van der Waals surface area (Å²) in [7, 11) is 0. The summed E-state index contributed by atoms with van der Waals surface area (Å²) in [4.78, 5) is 12.2. The largest absolute Gasteiger partial charge is 0.316 e. The molecule has 3 nitrogen and oxygen atoms in total. The number of benzene rings is 1. The van der Waals surface area contributed by atoms with Gasteiger partial charge in [0.2, 0.25) is 0 Å². The third-order valence-corrected chi connectivity index (χ3v) is 3.19. The second-order valence-electron chi connectivity index (χ2n) is 5.35. The van der Waals surface area contributed by atoms with E-state index in [-0.39, 0.29) is 5.56 Å². The SMILES string of the molecule is CC(C)CNCCCn1ccc2ccccc2c1=O. The predicted octanol–water partition coefficient (Wildman–Crippen LogP) is 2.64. The minimum absolute atomic E-state index is 0.113. The van der Waals surface area contributed by atoms with E-state index in [1.165, 1.54) is 0 Å². The molecule has 0 aliphatic carbocycles. The van der Waals surface area contributed by atoms with Crippen LogP contribution < -0.4 is 10.9 Å². The molecule has 1 aromatic carbocycles. The summed E-state index contributed by atoms with van der Waals surface area (Å²) in [5.74, 6) is 0.670. The Hall–Kier alpha value is -1.61. The second kappa shape index (κ2) is 6.53. The van der Waals surface area contributed by atoms with Crippen LogP contribution in [0.2, 0.25) is 0 Å². The highest BCUT2D eigenvalue weighted by Gasteiger charge is 2.01. The molecule has 0 aliphatic heterocycles. The Balaban J connectivity index is 1.98. The van der Waals surface area contributed by atoms with Gasteiger partial charge in [-0.3, -0.25) is 4.79 Å². The summed E-state index contributed by atoms with van der Waals surface area (Å²) >= 11 is 0. The normalized spacial score (nSPS) is 11.3. The van der Waals surface area contributed by atoms with Crippen LogP contribution >= 0.6 is 0 Å². The van der Waals surface area contributed by atoms with E-state index in [9.17, 15) is 4.79 Å². The molecule has 19 heavy (non-hydrogen) atoms. The number of pyridine rings is 1. The fourth-order valence-corrected chi connectivity index (χ4v) is 2.17. The topological polar surface area (TPSA) is 34.0 Å². The van der Waals surface area contributed by atoms with E-state index in [0.717, 1.165) is 36.8 Å². The van der Waals surface area contributed by atoms with Crippen LogP contribution in [0, 0.1) is 5.92 Å². The lowest BCUT2D eigenvalue weighted by atomic mass is 10.2. The number of rotatable bonds is 6. The third kappa shape index (κ3) is 3.67. The van der Waals surface area contributed by atoms with Crippen LogP contribution in [0.5, 0.6) is 0 Å². The number of fused-ring (bicyclic) bond motifs is 1. The van der Waals surface area contributed by atoms with Crippen molar-refractivity contribution in [2.24, 2.45) is 5.92 Å². The smallest absolute Gasteiger partial charge is 0.258 e. The molecule has 102 valence electrons. The van der Waals surface area contributed by atoms with Crippen molar-refractivity contribution < 1.29 is 0 Å². The fraction of sp³-hybridized carbons (Fsp3) is 0.438. The molecule has 0 atom stereocenters. The summed E-state index contributed by atoms with van der Waals surface area (Å²) < 4.78 is 1.80. The predicted molar refractivity (Wildman–Crippen MR) is 80.5 cm³/mol. The van der Waals surface area contributed by atoms with Crippen molar-refractivity contribution in [2.75, 3.05) is 13.1 Å². The van der Waals surface area contributed by atoms with Crippen LogP contribution in [0.15, 0.2) is 41.3 Å². The molecule has 0 bridgehead atoms. The van der Waals surface area contributed by atoms with Gasteiger partial charge in [-0.2, -0.15) is 0 Å². The van der Waals surface area contributed by atoms with Gasteiger partial charge in [0.15, 0.2) is 0 Å². The molecule has 0 saturated carbocycles. The average molecular weight is 258 g/mol. The molecular weight excluding hydrogens is 236 g/mol. The zero-order valence-electron chi connectivity index (χ0n) is 11.7. The second-order valence-corrected chi connectivity index (χ2v) is 5.35. The van der Waals surface area contributed by atoms with Crippen molar-refractivity contribution in [3.8, 4) is 0 Å². The lowest BCUT2D eigenvalue weighted by molar-refractivity contribution is 0.519. The highest BCUT2D eigenvalue weighted by molar-refractivity contribution is 5.81. The van der Waals surface area contributed by atoms with Crippen LogP contribution in [0.25, 0.3) is 10.8 Å². The van der Waals surface area contributed by atoms with Crippen LogP contribution in [-0.2, 0) is 6.54 Å². The minimum Gasteiger partial charge on any atom is -0.316 e. The van der Waals surface area contributed by atoms with Gasteiger partial charge in [0.25, 0.3) is 5.56 Å². The summed E-state index contributed by atoms with van der Waals surface area (Å²) in [5, 5.41) is 5.22. The van der Waals surface area contributed by atoms with Crippen LogP contribution in [0.3, 0.4) is 0 Å². The Morgan fingerprint density at radius 3 is 2.79 bits per heavy atom. The van der Waals surface area contributed by atoms with Crippen molar-refractivity contribution in [3.63, 3.8) is 0 Å². The van der Waals surface area contributed by atoms with E-state index in [1.807, 2.05) is 36.5 Å². The lowest BCUT2D eigenvalue weighted by Crippen LogP contribution is -2.24. The molecule has 0 unspecified atom stereocenters. The first-order valence-electron chi connectivity index (χ1n) is 6.97. The van der Waals surface area contributed by atoms with Crippen molar-refractivity contribution in [1.29, 1.82) is 0 Å². The first-order chi connectivity index (χ1) is 9.18. The molecule has 0 spiro atoms. The van der Waals surface area contributed by atoms with Crippen molar-refractivity contribution in [1.82, 2.24) is 9.88 Å². The fourth-order valence-electron chi connectivity index (χ4n) is 2.17.